The first kappa shape index (κ1) is 18.2. The van der Waals surface area contributed by atoms with E-state index in [1.165, 1.54) is 6.07 Å². The molecule has 1 N–H and O–H groups in total. The number of rotatable bonds is 4. The van der Waals surface area contributed by atoms with E-state index in [4.69, 9.17) is 0 Å². The second-order valence-electron chi connectivity index (χ2n) is 5.14. The summed E-state index contributed by atoms with van der Waals surface area (Å²) in [6.45, 7) is 3.36. The van der Waals surface area contributed by atoms with Gasteiger partial charge in [-0.25, -0.2) is 13.2 Å². The fraction of sp³-hybridized carbons (Fsp3) is 0.188. The first-order valence-electron chi connectivity index (χ1n) is 6.64. The molecule has 0 aliphatic rings. The van der Waals surface area contributed by atoms with Gasteiger partial charge in [0.25, 0.3) is 0 Å². The molecule has 0 aliphatic heterocycles. The van der Waals surface area contributed by atoms with E-state index in [1.807, 2.05) is 0 Å². The van der Waals surface area contributed by atoms with E-state index in [1.54, 1.807) is 38.1 Å². The highest BCUT2D eigenvalue weighted by molar-refractivity contribution is 9.10. The quantitative estimate of drug-likeness (QED) is 0.727. The zero-order chi connectivity index (χ0) is 17.4. The predicted octanol–water partition coefficient (Wildman–Crippen LogP) is 4.50. The Hall–Kier alpha value is -1.18. The number of benzene rings is 2. The first-order valence-corrected chi connectivity index (χ1v) is 9.88. The van der Waals surface area contributed by atoms with Crippen LogP contribution in [0.1, 0.15) is 27.0 Å². The van der Waals surface area contributed by atoms with Crippen LogP contribution in [0.5, 0.6) is 0 Å². The molecule has 0 aromatic heterocycles. The van der Waals surface area contributed by atoms with Gasteiger partial charge in [0.05, 0.1) is 16.2 Å². The molecule has 2 rings (SSSR count). The SMILES string of the molecule is Cc1c(C(=O)O)cc(S(=O)(=O)Cc2ccccc2Br)c(Br)c1C. The number of hydrogen-bond acceptors (Lipinski definition) is 3. The van der Waals surface area contributed by atoms with E-state index < -0.39 is 15.8 Å². The number of halogens is 2. The molecular formula is C16H14Br2O4S. The van der Waals surface area contributed by atoms with Crippen LogP contribution in [0.3, 0.4) is 0 Å². The second-order valence-corrected chi connectivity index (χ2v) is 8.75. The predicted molar refractivity (Wildman–Crippen MR) is 95.6 cm³/mol. The summed E-state index contributed by atoms with van der Waals surface area (Å²) in [5.41, 5.74) is 1.77. The highest BCUT2D eigenvalue weighted by atomic mass is 79.9. The molecule has 0 saturated carbocycles. The van der Waals surface area contributed by atoms with Gasteiger partial charge in [-0.3, -0.25) is 0 Å². The van der Waals surface area contributed by atoms with Crippen LogP contribution in [0.15, 0.2) is 44.2 Å². The van der Waals surface area contributed by atoms with E-state index in [0.717, 1.165) is 0 Å². The van der Waals surface area contributed by atoms with E-state index >= 15 is 0 Å². The topological polar surface area (TPSA) is 71.4 Å². The third-order valence-corrected chi connectivity index (χ3v) is 7.40. The van der Waals surface area contributed by atoms with Crippen molar-refractivity contribution in [3.63, 3.8) is 0 Å². The fourth-order valence-electron chi connectivity index (χ4n) is 2.20. The van der Waals surface area contributed by atoms with Crippen LogP contribution in [0.2, 0.25) is 0 Å². The zero-order valence-corrected chi connectivity index (χ0v) is 16.4. The Labute approximate surface area is 151 Å². The standard InChI is InChI=1S/C16H14Br2O4S/c1-9-10(2)15(18)14(7-12(9)16(19)20)23(21,22)8-11-5-3-4-6-13(11)17/h3-7H,8H2,1-2H3,(H,19,20). The first-order chi connectivity index (χ1) is 10.6. The highest BCUT2D eigenvalue weighted by Crippen LogP contribution is 2.33. The third-order valence-electron chi connectivity index (χ3n) is 3.66. The number of carboxylic acid groups (broad SMARTS) is 1. The van der Waals surface area contributed by atoms with Crippen LogP contribution in [-0.2, 0) is 15.6 Å². The van der Waals surface area contributed by atoms with Crippen molar-refractivity contribution in [2.75, 3.05) is 0 Å². The Morgan fingerprint density at radius 1 is 1.13 bits per heavy atom. The minimum absolute atomic E-state index is 0.00333. The van der Waals surface area contributed by atoms with Gasteiger partial charge in [0.1, 0.15) is 0 Å². The zero-order valence-electron chi connectivity index (χ0n) is 12.4. The molecule has 0 fully saturated rings. The lowest BCUT2D eigenvalue weighted by atomic mass is 10.0. The summed E-state index contributed by atoms with van der Waals surface area (Å²) in [4.78, 5) is 11.4. The van der Waals surface area contributed by atoms with Crippen LogP contribution in [-0.4, -0.2) is 19.5 Å². The average molecular weight is 462 g/mol. The van der Waals surface area contributed by atoms with Gasteiger partial charge in [-0.05, 0) is 58.6 Å². The highest BCUT2D eigenvalue weighted by Gasteiger charge is 2.24. The normalized spacial score (nSPS) is 11.5. The molecule has 0 atom stereocenters. The molecule has 7 heteroatoms. The molecule has 0 saturated heterocycles. The molecule has 0 bridgehead atoms. The molecule has 4 nitrogen and oxygen atoms in total. The van der Waals surface area contributed by atoms with Crippen LogP contribution < -0.4 is 0 Å². The van der Waals surface area contributed by atoms with Crippen molar-refractivity contribution in [1.82, 2.24) is 0 Å². The van der Waals surface area contributed by atoms with Crippen molar-refractivity contribution in [3.05, 3.63) is 61.5 Å². The average Bonchev–Trinajstić information content (AvgIpc) is 2.46. The van der Waals surface area contributed by atoms with Crippen molar-refractivity contribution in [3.8, 4) is 0 Å². The van der Waals surface area contributed by atoms with Gasteiger partial charge in [0, 0.05) is 8.95 Å². The maximum Gasteiger partial charge on any atom is 0.336 e. The molecular weight excluding hydrogens is 448 g/mol. The molecule has 0 unspecified atom stereocenters. The maximum absolute atomic E-state index is 12.8. The smallest absolute Gasteiger partial charge is 0.336 e. The van der Waals surface area contributed by atoms with E-state index in [2.05, 4.69) is 31.9 Å². The summed E-state index contributed by atoms with van der Waals surface area (Å²) in [5.74, 6) is -1.36. The maximum atomic E-state index is 12.8. The molecule has 2 aromatic carbocycles. The third kappa shape index (κ3) is 3.67. The summed E-state index contributed by atoms with van der Waals surface area (Å²) in [6.07, 6.45) is 0. The molecule has 0 heterocycles. The van der Waals surface area contributed by atoms with Crippen LogP contribution in [0.25, 0.3) is 0 Å². The molecule has 0 radical (unpaired) electrons. The summed E-state index contributed by atoms with van der Waals surface area (Å²) in [6, 6.07) is 8.26. The molecule has 0 amide bonds. The fourth-order valence-corrected chi connectivity index (χ4v) is 5.50. The van der Waals surface area contributed by atoms with E-state index in [-0.39, 0.29) is 16.2 Å². The van der Waals surface area contributed by atoms with Crippen LogP contribution in [0.4, 0.5) is 0 Å². The molecule has 0 spiro atoms. The van der Waals surface area contributed by atoms with Crippen LogP contribution in [0, 0.1) is 13.8 Å². The Morgan fingerprint density at radius 3 is 2.30 bits per heavy atom. The van der Waals surface area contributed by atoms with Gasteiger partial charge >= 0.3 is 5.97 Å². The van der Waals surface area contributed by atoms with Gasteiger partial charge in [-0.1, -0.05) is 34.1 Å². The van der Waals surface area contributed by atoms with E-state index in [0.29, 0.717) is 25.6 Å². The van der Waals surface area contributed by atoms with Crippen molar-refractivity contribution in [1.29, 1.82) is 0 Å². The summed E-state index contributed by atoms with van der Waals surface area (Å²) < 4.78 is 26.6. The molecule has 23 heavy (non-hydrogen) atoms. The van der Waals surface area contributed by atoms with Gasteiger partial charge < -0.3 is 5.11 Å². The largest absolute Gasteiger partial charge is 0.478 e. The lowest BCUT2D eigenvalue weighted by Crippen LogP contribution is -2.11. The van der Waals surface area contributed by atoms with Gasteiger partial charge in [0.2, 0.25) is 0 Å². The lowest BCUT2D eigenvalue weighted by molar-refractivity contribution is 0.0695. The monoisotopic (exact) mass is 460 g/mol. The number of sulfone groups is 1. The Kier molecular flexibility index (Phi) is 5.33. The lowest BCUT2D eigenvalue weighted by Gasteiger charge is -2.14. The summed E-state index contributed by atoms with van der Waals surface area (Å²) in [5, 5.41) is 9.29. The molecule has 2 aromatic rings. The molecule has 0 aliphatic carbocycles. The minimum atomic E-state index is -3.70. The van der Waals surface area contributed by atoms with Gasteiger partial charge in [-0.2, -0.15) is 0 Å². The van der Waals surface area contributed by atoms with Crippen LogP contribution >= 0.6 is 31.9 Å². The van der Waals surface area contributed by atoms with Gasteiger partial charge in [-0.15, -0.1) is 0 Å². The summed E-state index contributed by atoms with van der Waals surface area (Å²) >= 11 is 6.63. The van der Waals surface area contributed by atoms with E-state index in [9.17, 15) is 18.3 Å². The number of carboxylic acids is 1. The Balaban J connectivity index is 2.61. The van der Waals surface area contributed by atoms with Gasteiger partial charge in [0.15, 0.2) is 9.84 Å². The van der Waals surface area contributed by atoms with Crippen molar-refractivity contribution >= 4 is 47.7 Å². The molecule has 122 valence electrons. The summed E-state index contributed by atoms with van der Waals surface area (Å²) in [7, 11) is -3.70. The second kappa shape index (κ2) is 6.75. The Bertz CT molecular complexity index is 889. The Morgan fingerprint density at radius 2 is 1.74 bits per heavy atom. The number of carbonyl (C=O) groups is 1. The number of aromatic carboxylic acids is 1. The van der Waals surface area contributed by atoms with Crippen molar-refractivity contribution < 1.29 is 18.3 Å². The number of hydrogen-bond donors (Lipinski definition) is 1. The van der Waals surface area contributed by atoms with Crippen molar-refractivity contribution in [2.45, 2.75) is 24.5 Å². The minimum Gasteiger partial charge on any atom is -0.478 e. The van der Waals surface area contributed by atoms with Crippen molar-refractivity contribution in [2.24, 2.45) is 0 Å².